The Morgan fingerprint density at radius 2 is 1.14 bits per heavy atom. The van der Waals surface area contributed by atoms with Crippen LogP contribution < -0.4 is 5.32 Å². The Bertz CT molecular complexity index is 374. The van der Waals surface area contributed by atoms with Gasteiger partial charge in [0.05, 0.1) is 19.6 Å². The molecule has 0 rings (SSSR count). The average Bonchev–Trinajstić information content (AvgIpc) is 2.72. The van der Waals surface area contributed by atoms with E-state index in [1.807, 2.05) is 0 Å². The minimum atomic E-state index is -0.288. The third-order valence-corrected chi connectivity index (χ3v) is 5.20. The number of amides is 1. The predicted molar refractivity (Wildman–Crippen MR) is 120 cm³/mol. The zero-order valence-corrected chi connectivity index (χ0v) is 19.3. The molecule has 5 nitrogen and oxygen atoms in total. The maximum absolute atomic E-state index is 11.7. The number of carbonyl (C=O) groups excluding carboxylic acids is 2. The fourth-order valence-corrected chi connectivity index (χ4v) is 3.36. The molecule has 0 atom stereocenters. The number of methoxy groups -OCH3 is 1. The van der Waals surface area contributed by atoms with Crippen LogP contribution in [0.25, 0.3) is 0 Å². The molecule has 0 unspecified atom stereocenters. The minimum absolute atomic E-state index is 0.0487. The highest BCUT2D eigenvalue weighted by Gasteiger charge is 2.04. The van der Waals surface area contributed by atoms with Crippen LogP contribution >= 0.6 is 0 Å². The minimum Gasteiger partial charge on any atom is -0.464 e. The molecule has 0 saturated carbocycles. The fourth-order valence-electron chi connectivity index (χ4n) is 3.36. The van der Waals surface area contributed by atoms with Gasteiger partial charge in [0, 0.05) is 13.5 Å². The monoisotopic (exact) mass is 413 g/mol. The third-order valence-electron chi connectivity index (χ3n) is 5.20. The summed E-state index contributed by atoms with van der Waals surface area (Å²) in [5.41, 5.74) is 0. The molecule has 0 saturated heterocycles. The molecule has 0 aromatic rings. The molecule has 29 heavy (non-hydrogen) atoms. The second-order valence-electron chi connectivity index (χ2n) is 8.01. The third kappa shape index (κ3) is 23.0. The normalized spacial score (nSPS) is 10.8. The van der Waals surface area contributed by atoms with E-state index in [0.29, 0.717) is 19.6 Å². The van der Waals surface area contributed by atoms with Gasteiger partial charge in [-0.05, 0) is 6.42 Å². The summed E-state index contributed by atoms with van der Waals surface area (Å²) in [5.74, 6) is -0.240. The lowest BCUT2D eigenvalue weighted by Crippen LogP contribution is -2.27. The smallest absolute Gasteiger partial charge is 0.308 e. The molecule has 0 fully saturated rings. The van der Waals surface area contributed by atoms with E-state index in [9.17, 15) is 9.59 Å². The molecule has 0 aromatic carbocycles. The first-order valence-corrected chi connectivity index (χ1v) is 12.1. The number of rotatable bonds is 22. The Morgan fingerprint density at radius 1 is 0.655 bits per heavy atom. The Hall–Kier alpha value is -1.10. The van der Waals surface area contributed by atoms with Crippen LogP contribution in [0.5, 0.6) is 0 Å². The lowest BCUT2D eigenvalue weighted by Gasteiger charge is -2.07. The van der Waals surface area contributed by atoms with Crippen molar-refractivity contribution in [2.45, 2.75) is 116 Å². The zero-order chi connectivity index (χ0) is 21.4. The van der Waals surface area contributed by atoms with Crippen LogP contribution in [0, 0.1) is 0 Å². The van der Waals surface area contributed by atoms with E-state index in [-0.39, 0.29) is 24.9 Å². The van der Waals surface area contributed by atoms with Crippen molar-refractivity contribution in [1.29, 1.82) is 0 Å². The molecule has 5 heteroatoms. The van der Waals surface area contributed by atoms with Gasteiger partial charge in [0.25, 0.3) is 0 Å². The molecule has 1 amide bonds. The highest BCUT2D eigenvalue weighted by Crippen LogP contribution is 2.13. The van der Waals surface area contributed by atoms with Crippen LogP contribution in [-0.2, 0) is 19.1 Å². The summed E-state index contributed by atoms with van der Waals surface area (Å²) in [6, 6.07) is 0. The molecular weight excluding hydrogens is 366 g/mol. The second-order valence-corrected chi connectivity index (χ2v) is 8.01. The van der Waals surface area contributed by atoms with Crippen molar-refractivity contribution in [3.05, 3.63) is 0 Å². The van der Waals surface area contributed by atoms with Crippen molar-refractivity contribution in [3.63, 3.8) is 0 Å². The molecule has 0 aliphatic heterocycles. The van der Waals surface area contributed by atoms with Crippen molar-refractivity contribution < 1.29 is 19.1 Å². The summed E-state index contributed by atoms with van der Waals surface area (Å²) in [5, 5.41) is 2.80. The Morgan fingerprint density at radius 3 is 1.62 bits per heavy atom. The van der Waals surface area contributed by atoms with Gasteiger partial charge in [-0.3, -0.25) is 9.59 Å². The largest absolute Gasteiger partial charge is 0.464 e. The zero-order valence-electron chi connectivity index (χ0n) is 19.3. The van der Waals surface area contributed by atoms with Gasteiger partial charge in [-0.15, -0.1) is 0 Å². The van der Waals surface area contributed by atoms with Crippen LogP contribution in [0.3, 0.4) is 0 Å². The molecule has 1 N–H and O–H groups in total. The average molecular weight is 414 g/mol. The van der Waals surface area contributed by atoms with Crippen LogP contribution in [0.4, 0.5) is 0 Å². The number of carbonyl (C=O) groups is 2. The van der Waals surface area contributed by atoms with E-state index in [1.54, 1.807) is 7.11 Å². The lowest BCUT2D eigenvalue weighted by molar-refractivity contribution is -0.144. The molecule has 0 aliphatic rings. The van der Waals surface area contributed by atoms with Gasteiger partial charge >= 0.3 is 5.97 Å². The van der Waals surface area contributed by atoms with Gasteiger partial charge in [-0.1, -0.05) is 96.8 Å². The van der Waals surface area contributed by atoms with Crippen molar-refractivity contribution in [2.75, 3.05) is 26.9 Å². The van der Waals surface area contributed by atoms with Crippen molar-refractivity contribution in [2.24, 2.45) is 0 Å². The number of hydrogen-bond donors (Lipinski definition) is 1. The molecular formula is C24H47NO4. The summed E-state index contributed by atoms with van der Waals surface area (Å²) in [4.78, 5) is 23.0. The summed E-state index contributed by atoms with van der Waals surface area (Å²) in [7, 11) is 1.55. The molecule has 0 aliphatic carbocycles. The van der Waals surface area contributed by atoms with E-state index >= 15 is 0 Å². The second kappa shape index (κ2) is 23.2. The van der Waals surface area contributed by atoms with Gasteiger partial charge in [-0.2, -0.15) is 0 Å². The van der Waals surface area contributed by atoms with E-state index in [4.69, 9.17) is 9.47 Å². The van der Waals surface area contributed by atoms with Gasteiger partial charge in [0.1, 0.15) is 6.61 Å². The number of nitrogens with one attached hydrogen (secondary N) is 1. The van der Waals surface area contributed by atoms with Gasteiger partial charge < -0.3 is 14.8 Å². The van der Waals surface area contributed by atoms with Gasteiger partial charge in [-0.25, -0.2) is 0 Å². The Balaban J connectivity index is 3.20. The maximum atomic E-state index is 11.7. The van der Waals surface area contributed by atoms with E-state index in [2.05, 4.69) is 12.2 Å². The summed E-state index contributed by atoms with van der Waals surface area (Å²) in [6.07, 6.45) is 20.7. The first kappa shape index (κ1) is 27.9. The molecule has 0 aromatic heterocycles. The lowest BCUT2D eigenvalue weighted by atomic mass is 10.0. The van der Waals surface area contributed by atoms with Crippen LogP contribution in [0.2, 0.25) is 0 Å². The standard InChI is InChI=1S/C24H47NO4/c1-3-4-5-6-7-8-9-10-11-12-13-14-15-16-17-18-23(26)25-20-22-29-24(27)19-21-28-2/h3-22H2,1-2H3,(H,25,26). The fraction of sp³-hybridized carbons (Fsp3) is 0.917. The van der Waals surface area contributed by atoms with E-state index in [1.165, 1.54) is 83.5 Å². The number of hydrogen-bond acceptors (Lipinski definition) is 4. The Labute approximate surface area is 179 Å². The Kier molecular flexibility index (Phi) is 22.3. The first-order valence-electron chi connectivity index (χ1n) is 12.1. The van der Waals surface area contributed by atoms with Crippen molar-refractivity contribution in [1.82, 2.24) is 5.32 Å². The predicted octanol–water partition coefficient (Wildman–Crippen LogP) is 5.94. The number of ether oxygens (including phenoxy) is 2. The summed E-state index contributed by atoms with van der Waals surface area (Å²) < 4.78 is 9.80. The highest BCUT2D eigenvalue weighted by molar-refractivity contribution is 5.75. The van der Waals surface area contributed by atoms with Crippen LogP contribution in [-0.4, -0.2) is 38.7 Å². The van der Waals surface area contributed by atoms with Gasteiger partial charge in [0.2, 0.25) is 5.91 Å². The molecule has 0 radical (unpaired) electrons. The number of unbranched alkanes of at least 4 members (excludes halogenated alkanes) is 14. The molecule has 0 spiro atoms. The maximum Gasteiger partial charge on any atom is 0.308 e. The summed E-state index contributed by atoms with van der Waals surface area (Å²) >= 11 is 0. The van der Waals surface area contributed by atoms with Crippen LogP contribution in [0.15, 0.2) is 0 Å². The topological polar surface area (TPSA) is 64.6 Å². The summed E-state index contributed by atoms with van der Waals surface area (Å²) in [6.45, 7) is 3.25. The first-order chi connectivity index (χ1) is 14.2. The quantitative estimate of drug-likeness (QED) is 0.176. The van der Waals surface area contributed by atoms with Crippen molar-refractivity contribution >= 4 is 11.9 Å². The molecule has 0 heterocycles. The highest BCUT2D eigenvalue weighted by atomic mass is 16.5. The van der Waals surface area contributed by atoms with E-state index < -0.39 is 0 Å². The van der Waals surface area contributed by atoms with Crippen LogP contribution in [0.1, 0.15) is 116 Å². The SMILES string of the molecule is CCCCCCCCCCCCCCCCCC(=O)NCCOC(=O)CCOC. The molecule has 172 valence electrons. The van der Waals surface area contributed by atoms with Crippen molar-refractivity contribution in [3.8, 4) is 0 Å². The van der Waals surface area contributed by atoms with Gasteiger partial charge in [0.15, 0.2) is 0 Å². The van der Waals surface area contributed by atoms with E-state index in [0.717, 1.165) is 12.8 Å². The number of esters is 1. The molecule has 0 bridgehead atoms.